The van der Waals surface area contributed by atoms with Gasteiger partial charge in [-0.3, -0.25) is 9.69 Å². The molecule has 0 radical (unpaired) electrons. The molecule has 2 aromatic heterocycles. The lowest BCUT2D eigenvalue weighted by molar-refractivity contribution is 0.0983. The van der Waals surface area contributed by atoms with Crippen LogP contribution < -0.4 is 4.90 Å². The molecule has 0 aliphatic heterocycles. The molecule has 1 aliphatic rings. The van der Waals surface area contributed by atoms with Gasteiger partial charge in [0, 0.05) is 18.7 Å². The van der Waals surface area contributed by atoms with E-state index in [1.54, 1.807) is 36.4 Å². The molecule has 1 saturated carbocycles. The molecule has 0 spiro atoms. The summed E-state index contributed by atoms with van der Waals surface area (Å²) in [5, 5.41) is 0.565. The summed E-state index contributed by atoms with van der Waals surface area (Å²) in [4.78, 5) is 20.2. The number of hydrogen-bond donors (Lipinski definition) is 0. The lowest BCUT2D eigenvalue weighted by Gasteiger charge is -2.20. The van der Waals surface area contributed by atoms with Crippen LogP contribution in [0.15, 0.2) is 64.1 Å². The lowest BCUT2D eigenvalue weighted by Crippen LogP contribution is -2.31. The Morgan fingerprint density at radius 1 is 1.12 bits per heavy atom. The largest absolute Gasteiger partial charge is 0.467 e. The number of aromatic nitrogens is 1. The fourth-order valence-corrected chi connectivity index (χ4v) is 6.28. The van der Waals surface area contributed by atoms with Gasteiger partial charge in [0.1, 0.15) is 5.76 Å². The summed E-state index contributed by atoms with van der Waals surface area (Å²) >= 11 is 1.44. The van der Waals surface area contributed by atoms with Crippen molar-refractivity contribution >= 4 is 42.6 Å². The zero-order valence-electron chi connectivity index (χ0n) is 19.2. The topological polar surface area (TPSA) is 83.7 Å². The highest BCUT2D eigenvalue weighted by Crippen LogP contribution is 2.34. The van der Waals surface area contributed by atoms with E-state index in [0.29, 0.717) is 16.5 Å². The number of rotatable bonds is 7. The van der Waals surface area contributed by atoms with Crippen LogP contribution in [0, 0.1) is 13.8 Å². The van der Waals surface area contributed by atoms with E-state index in [2.05, 4.69) is 6.07 Å². The number of aryl methyl sites for hydroxylation is 2. The van der Waals surface area contributed by atoms with Gasteiger partial charge in [-0.1, -0.05) is 17.4 Å². The lowest BCUT2D eigenvalue weighted by atomic mass is 10.1. The van der Waals surface area contributed by atoms with Gasteiger partial charge in [0.15, 0.2) is 5.13 Å². The zero-order chi connectivity index (χ0) is 24.0. The molecule has 0 N–H and O–H groups in total. The number of anilines is 1. The molecule has 7 nitrogen and oxygen atoms in total. The van der Waals surface area contributed by atoms with Crippen LogP contribution in [0.4, 0.5) is 5.13 Å². The number of benzene rings is 2. The van der Waals surface area contributed by atoms with E-state index in [1.807, 2.05) is 26.0 Å². The van der Waals surface area contributed by atoms with Crippen LogP contribution in [0.3, 0.4) is 0 Å². The molecule has 0 atom stereocenters. The van der Waals surface area contributed by atoms with E-state index >= 15 is 0 Å². The second-order valence-electron chi connectivity index (χ2n) is 8.60. The van der Waals surface area contributed by atoms with Gasteiger partial charge in [-0.2, -0.15) is 4.31 Å². The van der Waals surface area contributed by atoms with Gasteiger partial charge in [0.25, 0.3) is 5.91 Å². The number of nitrogens with zero attached hydrogens (tertiary/aromatic N) is 3. The van der Waals surface area contributed by atoms with Crippen molar-refractivity contribution in [2.24, 2.45) is 0 Å². The first-order valence-corrected chi connectivity index (χ1v) is 13.3. The van der Waals surface area contributed by atoms with Crippen LogP contribution in [-0.4, -0.2) is 36.7 Å². The number of fused-ring (bicyclic) bond motifs is 1. The van der Waals surface area contributed by atoms with Crippen LogP contribution in [-0.2, 0) is 16.6 Å². The Labute approximate surface area is 202 Å². The van der Waals surface area contributed by atoms with Crippen molar-refractivity contribution in [1.82, 2.24) is 9.29 Å². The molecule has 9 heteroatoms. The van der Waals surface area contributed by atoms with Crippen molar-refractivity contribution in [1.29, 1.82) is 0 Å². The number of thiazole rings is 1. The Kier molecular flexibility index (Phi) is 5.79. The van der Waals surface area contributed by atoms with Crippen LogP contribution in [0.5, 0.6) is 0 Å². The third-order valence-electron chi connectivity index (χ3n) is 6.28. The molecule has 2 aromatic carbocycles. The van der Waals surface area contributed by atoms with Gasteiger partial charge in [-0.25, -0.2) is 13.4 Å². The molecule has 34 heavy (non-hydrogen) atoms. The smallest absolute Gasteiger partial charge is 0.260 e. The number of sulfonamides is 1. The predicted molar refractivity (Wildman–Crippen MR) is 133 cm³/mol. The minimum Gasteiger partial charge on any atom is -0.467 e. The Morgan fingerprint density at radius 3 is 2.50 bits per heavy atom. The average molecular weight is 496 g/mol. The summed E-state index contributed by atoms with van der Waals surface area (Å²) in [5.74, 6) is 0.357. The molecule has 176 valence electrons. The fourth-order valence-electron chi connectivity index (χ4n) is 3.84. The standard InChI is InChI=1S/C25H25N3O4S2/c1-16-6-13-22-23(17(16)2)26-25(33-22)28(15-20-5-4-14-32-20)24(29)18-7-11-21(12-8-18)34(30,31)27(3)19-9-10-19/h4-8,11-14,19H,9-10,15H2,1-3H3. The molecule has 0 bridgehead atoms. The first-order valence-electron chi connectivity index (χ1n) is 11.0. The van der Waals surface area contributed by atoms with Crippen molar-refractivity contribution in [3.05, 3.63) is 77.2 Å². The van der Waals surface area contributed by atoms with E-state index in [-0.39, 0.29) is 23.4 Å². The molecule has 1 aliphatic carbocycles. The van der Waals surface area contributed by atoms with Crippen LogP contribution in [0.2, 0.25) is 0 Å². The molecule has 0 unspecified atom stereocenters. The molecule has 4 aromatic rings. The van der Waals surface area contributed by atoms with Crippen LogP contribution >= 0.6 is 11.3 Å². The summed E-state index contributed by atoms with van der Waals surface area (Å²) in [6, 6.07) is 13.9. The number of carbonyl (C=O) groups excluding carboxylic acids is 1. The Bertz CT molecular complexity index is 1450. The zero-order valence-corrected chi connectivity index (χ0v) is 20.8. The van der Waals surface area contributed by atoms with Gasteiger partial charge in [-0.15, -0.1) is 0 Å². The van der Waals surface area contributed by atoms with E-state index in [1.165, 1.54) is 27.8 Å². The summed E-state index contributed by atoms with van der Waals surface area (Å²) in [7, 11) is -1.97. The second-order valence-corrected chi connectivity index (χ2v) is 11.6. The van der Waals surface area contributed by atoms with Crippen molar-refractivity contribution in [2.45, 2.75) is 44.2 Å². The molecular formula is C25H25N3O4S2. The van der Waals surface area contributed by atoms with Gasteiger partial charge >= 0.3 is 0 Å². The number of hydrogen-bond acceptors (Lipinski definition) is 6. The van der Waals surface area contributed by atoms with E-state index in [0.717, 1.165) is 34.2 Å². The molecule has 5 rings (SSSR count). The Hall–Kier alpha value is -3.01. The summed E-state index contributed by atoms with van der Waals surface area (Å²) in [5.41, 5.74) is 3.48. The van der Waals surface area contributed by atoms with Crippen LogP contribution in [0.1, 0.15) is 40.1 Å². The number of furan rings is 1. The molecule has 1 amide bonds. The number of carbonyl (C=O) groups is 1. The monoisotopic (exact) mass is 495 g/mol. The Balaban J connectivity index is 1.49. The highest BCUT2D eigenvalue weighted by Gasteiger charge is 2.35. The maximum Gasteiger partial charge on any atom is 0.260 e. The number of amides is 1. The maximum absolute atomic E-state index is 13.6. The Morgan fingerprint density at radius 2 is 1.85 bits per heavy atom. The maximum atomic E-state index is 13.6. The van der Waals surface area contributed by atoms with E-state index in [9.17, 15) is 13.2 Å². The van der Waals surface area contributed by atoms with E-state index in [4.69, 9.17) is 9.40 Å². The van der Waals surface area contributed by atoms with Gasteiger partial charge in [0.05, 0.1) is 27.9 Å². The third kappa shape index (κ3) is 4.15. The highest BCUT2D eigenvalue weighted by molar-refractivity contribution is 7.89. The van der Waals surface area contributed by atoms with Gasteiger partial charge < -0.3 is 4.42 Å². The summed E-state index contributed by atoms with van der Waals surface area (Å²) < 4.78 is 33.6. The van der Waals surface area contributed by atoms with Gasteiger partial charge in [0.2, 0.25) is 10.0 Å². The summed E-state index contributed by atoms with van der Waals surface area (Å²) in [6.45, 7) is 4.28. The third-order valence-corrected chi connectivity index (χ3v) is 9.25. The minimum atomic E-state index is -3.57. The average Bonchev–Trinajstić information content (AvgIpc) is 3.37. The molecular weight excluding hydrogens is 470 g/mol. The first kappa shape index (κ1) is 22.8. The summed E-state index contributed by atoms with van der Waals surface area (Å²) in [6.07, 6.45) is 3.34. The SMILES string of the molecule is Cc1ccc2sc(N(Cc3ccco3)C(=O)c3ccc(S(=O)(=O)N(C)C4CC4)cc3)nc2c1C. The van der Waals surface area contributed by atoms with Gasteiger partial charge in [-0.05, 0) is 80.3 Å². The molecule has 1 fully saturated rings. The van der Waals surface area contributed by atoms with Crippen molar-refractivity contribution in [2.75, 3.05) is 11.9 Å². The first-order chi connectivity index (χ1) is 16.3. The minimum absolute atomic E-state index is 0.0706. The normalized spacial score (nSPS) is 14.1. The van der Waals surface area contributed by atoms with Crippen molar-refractivity contribution in [3.63, 3.8) is 0 Å². The fraction of sp³-hybridized carbons (Fsp3) is 0.280. The van der Waals surface area contributed by atoms with Crippen molar-refractivity contribution in [3.8, 4) is 0 Å². The predicted octanol–water partition coefficient (Wildman–Crippen LogP) is 5.14. The highest BCUT2D eigenvalue weighted by atomic mass is 32.2. The molecule has 0 saturated heterocycles. The van der Waals surface area contributed by atoms with Crippen molar-refractivity contribution < 1.29 is 17.6 Å². The van der Waals surface area contributed by atoms with E-state index < -0.39 is 10.0 Å². The molecule has 2 heterocycles. The van der Waals surface area contributed by atoms with Crippen LogP contribution in [0.25, 0.3) is 10.2 Å². The quantitative estimate of drug-likeness (QED) is 0.355. The second kappa shape index (κ2) is 8.65.